The Morgan fingerprint density at radius 3 is 2.75 bits per heavy atom. The number of hydrogen-bond acceptors (Lipinski definition) is 2. The van der Waals surface area contributed by atoms with Crippen LogP contribution in [0.25, 0.3) is 0 Å². The number of aliphatic hydroxyl groups excluding tert-OH is 1. The van der Waals surface area contributed by atoms with Gasteiger partial charge in [0, 0.05) is 5.56 Å². The van der Waals surface area contributed by atoms with E-state index in [0.717, 1.165) is 5.56 Å². The Kier molecular flexibility index (Phi) is 3.15. The van der Waals surface area contributed by atoms with E-state index in [1.54, 1.807) is 18.2 Å². The highest BCUT2D eigenvalue weighted by Crippen LogP contribution is 2.23. The van der Waals surface area contributed by atoms with Crippen LogP contribution >= 0.6 is 15.9 Å². The van der Waals surface area contributed by atoms with Gasteiger partial charge in [-0.3, -0.25) is 0 Å². The number of halogens is 1. The Labute approximate surface area is 79.0 Å². The molecule has 0 saturated carbocycles. The first-order valence-electron chi connectivity index (χ1n) is 3.32. The summed E-state index contributed by atoms with van der Waals surface area (Å²) in [6, 6.07) is 4.92. The minimum absolute atomic E-state index is 0.154. The number of aromatic hydroxyl groups is 1. The van der Waals surface area contributed by atoms with Crippen molar-refractivity contribution in [2.24, 2.45) is 0 Å². The quantitative estimate of drug-likeness (QED) is 0.659. The summed E-state index contributed by atoms with van der Waals surface area (Å²) in [6.45, 7) is -0.154. The summed E-state index contributed by atoms with van der Waals surface area (Å²) in [5.41, 5.74) is 0.758. The van der Waals surface area contributed by atoms with E-state index in [4.69, 9.17) is 10.2 Å². The molecule has 0 unspecified atom stereocenters. The van der Waals surface area contributed by atoms with Crippen LogP contribution in [0.3, 0.4) is 0 Å². The highest BCUT2D eigenvalue weighted by molar-refractivity contribution is 9.10. The van der Waals surface area contributed by atoms with Crippen molar-refractivity contribution in [1.29, 1.82) is 0 Å². The Hall–Kier alpha value is -0.980. The summed E-state index contributed by atoms with van der Waals surface area (Å²) < 4.78 is 0.604. The molecule has 0 radical (unpaired) electrons. The fourth-order valence-electron chi connectivity index (χ4n) is 0.726. The SMILES string of the molecule is OCC#Cc1ccc(O)c(Br)c1. The summed E-state index contributed by atoms with van der Waals surface area (Å²) in [4.78, 5) is 0. The van der Waals surface area contributed by atoms with E-state index in [0.29, 0.717) is 4.47 Å². The first-order valence-corrected chi connectivity index (χ1v) is 4.11. The Bertz CT molecular complexity index is 336. The smallest absolute Gasteiger partial charge is 0.129 e. The molecule has 0 fully saturated rings. The Morgan fingerprint density at radius 2 is 2.17 bits per heavy atom. The predicted octanol–water partition coefficient (Wildman–Crippen LogP) is 1.50. The fourth-order valence-corrected chi connectivity index (χ4v) is 1.11. The van der Waals surface area contributed by atoms with Crippen molar-refractivity contribution in [3.8, 4) is 17.6 Å². The third-order valence-corrected chi connectivity index (χ3v) is 1.89. The molecule has 0 spiro atoms. The second kappa shape index (κ2) is 4.15. The van der Waals surface area contributed by atoms with Gasteiger partial charge in [0.2, 0.25) is 0 Å². The van der Waals surface area contributed by atoms with Crippen molar-refractivity contribution >= 4 is 15.9 Å². The lowest BCUT2D eigenvalue weighted by atomic mass is 10.2. The molecular formula is C9H7BrO2. The largest absolute Gasteiger partial charge is 0.507 e. The number of rotatable bonds is 0. The van der Waals surface area contributed by atoms with Crippen LogP contribution in [0, 0.1) is 11.8 Å². The summed E-state index contributed by atoms with van der Waals surface area (Å²) in [7, 11) is 0. The molecule has 12 heavy (non-hydrogen) atoms. The zero-order valence-electron chi connectivity index (χ0n) is 6.21. The molecule has 0 atom stereocenters. The van der Waals surface area contributed by atoms with Gasteiger partial charge in [-0.1, -0.05) is 11.8 Å². The van der Waals surface area contributed by atoms with Gasteiger partial charge >= 0.3 is 0 Å². The molecule has 1 aromatic carbocycles. The van der Waals surface area contributed by atoms with Gasteiger partial charge in [-0.15, -0.1) is 0 Å². The van der Waals surface area contributed by atoms with Crippen LogP contribution in [0.4, 0.5) is 0 Å². The Morgan fingerprint density at radius 1 is 1.42 bits per heavy atom. The summed E-state index contributed by atoms with van der Waals surface area (Å²) in [6.07, 6.45) is 0. The van der Waals surface area contributed by atoms with Gasteiger partial charge in [-0.2, -0.15) is 0 Å². The van der Waals surface area contributed by atoms with Crippen molar-refractivity contribution in [1.82, 2.24) is 0 Å². The summed E-state index contributed by atoms with van der Waals surface area (Å²) >= 11 is 3.16. The number of benzene rings is 1. The zero-order chi connectivity index (χ0) is 8.97. The van der Waals surface area contributed by atoms with Gasteiger partial charge in [0.25, 0.3) is 0 Å². The molecule has 2 N–H and O–H groups in total. The summed E-state index contributed by atoms with van der Waals surface area (Å²) in [5.74, 6) is 5.42. The molecular weight excluding hydrogens is 220 g/mol. The molecule has 0 aliphatic carbocycles. The van der Waals surface area contributed by atoms with Crippen molar-refractivity contribution in [3.05, 3.63) is 28.2 Å². The topological polar surface area (TPSA) is 40.5 Å². The van der Waals surface area contributed by atoms with Gasteiger partial charge in [-0.05, 0) is 34.1 Å². The molecule has 1 aromatic rings. The van der Waals surface area contributed by atoms with E-state index in [2.05, 4.69) is 27.8 Å². The van der Waals surface area contributed by atoms with Gasteiger partial charge < -0.3 is 10.2 Å². The second-order valence-corrected chi connectivity index (χ2v) is 2.98. The standard InChI is InChI=1S/C9H7BrO2/c10-8-6-7(2-1-5-11)3-4-9(8)12/h3-4,6,11-12H,5H2. The molecule has 0 bridgehead atoms. The highest BCUT2D eigenvalue weighted by atomic mass is 79.9. The lowest BCUT2D eigenvalue weighted by molar-refractivity contribution is 0.350. The maximum Gasteiger partial charge on any atom is 0.129 e. The van der Waals surface area contributed by atoms with Gasteiger partial charge in [0.1, 0.15) is 12.4 Å². The van der Waals surface area contributed by atoms with Crippen molar-refractivity contribution in [2.45, 2.75) is 0 Å². The van der Waals surface area contributed by atoms with E-state index in [1.165, 1.54) is 0 Å². The maximum atomic E-state index is 9.12. The number of phenols is 1. The third-order valence-electron chi connectivity index (χ3n) is 1.26. The minimum atomic E-state index is -0.154. The van der Waals surface area contributed by atoms with Crippen molar-refractivity contribution in [2.75, 3.05) is 6.61 Å². The van der Waals surface area contributed by atoms with Gasteiger partial charge in [0.15, 0.2) is 0 Å². The van der Waals surface area contributed by atoms with E-state index in [9.17, 15) is 0 Å². The van der Waals surface area contributed by atoms with Crippen molar-refractivity contribution < 1.29 is 10.2 Å². The molecule has 1 rings (SSSR count). The van der Waals surface area contributed by atoms with E-state index in [1.807, 2.05) is 0 Å². The molecule has 0 heterocycles. The van der Waals surface area contributed by atoms with Crippen LogP contribution in [0.2, 0.25) is 0 Å². The maximum absolute atomic E-state index is 9.12. The third kappa shape index (κ3) is 2.26. The number of phenolic OH excluding ortho intramolecular Hbond substituents is 1. The fraction of sp³-hybridized carbons (Fsp3) is 0.111. The average molecular weight is 227 g/mol. The first-order chi connectivity index (χ1) is 5.74. The molecule has 2 nitrogen and oxygen atoms in total. The molecule has 0 aliphatic rings. The normalized spacial score (nSPS) is 8.83. The number of hydrogen-bond donors (Lipinski definition) is 2. The first kappa shape index (κ1) is 9.11. The monoisotopic (exact) mass is 226 g/mol. The van der Waals surface area contributed by atoms with E-state index < -0.39 is 0 Å². The average Bonchev–Trinajstić information content (AvgIpc) is 2.07. The summed E-state index contributed by atoms with van der Waals surface area (Å²) in [5, 5.41) is 17.5. The number of aliphatic hydroxyl groups is 1. The van der Waals surface area contributed by atoms with Crippen LogP contribution in [0.15, 0.2) is 22.7 Å². The molecule has 0 amide bonds. The molecule has 0 saturated heterocycles. The lowest BCUT2D eigenvalue weighted by Gasteiger charge is -1.95. The van der Waals surface area contributed by atoms with E-state index >= 15 is 0 Å². The minimum Gasteiger partial charge on any atom is -0.507 e. The van der Waals surface area contributed by atoms with Crippen molar-refractivity contribution in [3.63, 3.8) is 0 Å². The van der Waals surface area contributed by atoms with Crippen LogP contribution in [0.5, 0.6) is 5.75 Å². The predicted molar refractivity (Wildman–Crippen MR) is 49.8 cm³/mol. The molecule has 62 valence electrons. The zero-order valence-corrected chi connectivity index (χ0v) is 7.80. The highest BCUT2D eigenvalue weighted by Gasteiger charge is 1.95. The molecule has 0 aliphatic heterocycles. The molecule has 3 heteroatoms. The van der Waals surface area contributed by atoms with Crippen LogP contribution in [0.1, 0.15) is 5.56 Å². The van der Waals surface area contributed by atoms with Crippen LogP contribution in [-0.4, -0.2) is 16.8 Å². The van der Waals surface area contributed by atoms with Crippen LogP contribution in [-0.2, 0) is 0 Å². The van der Waals surface area contributed by atoms with Crippen LogP contribution < -0.4 is 0 Å². The molecule has 0 aromatic heterocycles. The van der Waals surface area contributed by atoms with Gasteiger partial charge in [0.05, 0.1) is 4.47 Å². The lowest BCUT2D eigenvalue weighted by Crippen LogP contribution is -1.77. The second-order valence-electron chi connectivity index (χ2n) is 2.13. The van der Waals surface area contributed by atoms with Gasteiger partial charge in [-0.25, -0.2) is 0 Å². The Balaban J connectivity index is 2.97. The van der Waals surface area contributed by atoms with E-state index in [-0.39, 0.29) is 12.4 Å².